The minimum atomic E-state index is -4.53. The van der Waals surface area contributed by atoms with Crippen molar-refractivity contribution < 1.29 is 18.0 Å². The van der Waals surface area contributed by atoms with Gasteiger partial charge in [-0.3, -0.25) is 4.79 Å². The van der Waals surface area contributed by atoms with Crippen molar-refractivity contribution in [3.05, 3.63) is 41.5 Å². The Bertz CT molecular complexity index is 466. The molecular formula is C12H8F3NO. The summed E-state index contributed by atoms with van der Waals surface area (Å²) in [6.07, 6.45) is -4.23. The second-order valence-corrected chi connectivity index (χ2v) is 3.29. The van der Waals surface area contributed by atoms with Crippen LogP contribution in [0.15, 0.2) is 30.3 Å². The highest BCUT2D eigenvalue weighted by Crippen LogP contribution is 2.23. The molecule has 0 aliphatic rings. The summed E-state index contributed by atoms with van der Waals surface area (Å²) in [6, 6.07) is 7.74. The highest BCUT2D eigenvalue weighted by atomic mass is 19.4. The van der Waals surface area contributed by atoms with Crippen LogP contribution in [0.25, 0.3) is 5.57 Å². The van der Waals surface area contributed by atoms with Crippen LogP contribution >= 0.6 is 0 Å². The number of nitrogens with zero attached hydrogens (tertiary/aromatic N) is 1. The first-order valence-electron chi connectivity index (χ1n) is 4.67. The number of hydrogen-bond donors (Lipinski definition) is 0. The monoisotopic (exact) mass is 239 g/mol. The van der Waals surface area contributed by atoms with E-state index in [4.69, 9.17) is 5.26 Å². The lowest BCUT2D eigenvalue weighted by atomic mass is 10.0. The Kier molecular flexibility index (Phi) is 4.05. The van der Waals surface area contributed by atoms with Gasteiger partial charge in [0.25, 0.3) is 0 Å². The smallest absolute Gasteiger partial charge is 0.298 e. The van der Waals surface area contributed by atoms with E-state index in [0.717, 1.165) is 0 Å². The predicted octanol–water partition coefficient (Wildman–Crippen LogP) is 2.90. The molecule has 0 N–H and O–H groups in total. The van der Waals surface area contributed by atoms with Gasteiger partial charge in [0.05, 0.1) is 12.5 Å². The maximum Gasteiger partial charge on any atom is 0.410 e. The second-order valence-electron chi connectivity index (χ2n) is 3.29. The fourth-order valence-corrected chi connectivity index (χ4v) is 1.27. The summed E-state index contributed by atoms with van der Waals surface area (Å²) in [4.78, 5) is 10.6. The zero-order valence-corrected chi connectivity index (χ0v) is 8.66. The van der Waals surface area contributed by atoms with Crippen LogP contribution < -0.4 is 0 Å². The minimum Gasteiger partial charge on any atom is -0.298 e. The van der Waals surface area contributed by atoms with E-state index in [0.29, 0.717) is 5.56 Å². The third-order valence-electron chi connectivity index (χ3n) is 2.02. The van der Waals surface area contributed by atoms with Crippen LogP contribution in [0.2, 0.25) is 0 Å². The van der Waals surface area contributed by atoms with Gasteiger partial charge in [-0.05, 0) is 11.1 Å². The van der Waals surface area contributed by atoms with Crippen LogP contribution in [0.3, 0.4) is 0 Å². The fraction of sp³-hybridized carbons (Fsp3) is 0.167. The number of alkyl halides is 3. The molecule has 0 spiro atoms. The summed E-state index contributed by atoms with van der Waals surface area (Å²) in [5, 5.41) is 8.43. The highest BCUT2D eigenvalue weighted by molar-refractivity contribution is 6.07. The molecule has 0 radical (unpaired) electrons. The van der Waals surface area contributed by atoms with E-state index in [1.165, 1.54) is 24.3 Å². The van der Waals surface area contributed by atoms with Gasteiger partial charge in [-0.2, -0.15) is 18.4 Å². The first-order chi connectivity index (χ1) is 7.96. The zero-order chi connectivity index (χ0) is 12.9. The molecule has 0 fully saturated rings. The van der Waals surface area contributed by atoms with Gasteiger partial charge in [0.15, 0.2) is 6.29 Å². The Balaban J connectivity index is 3.03. The van der Waals surface area contributed by atoms with Gasteiger partial charge in [0.2, 0.25) is 0 Å². The molecule has 88 valence electrons. The molecule has 0 bridgehead atoms. The molecule has 5 heteroatoms. The Morgan fingerprint density at radius 2 is 1.88 bits per heavy atom. The molecule has 1 aromatic carbocycles. The number of nitriles is 1. The van der Waals surface area contributed by atoms with Crippen molar-refractivity contribution in [2.24, 2.45) is 0 Å². The molecule has 1 rings (SSSR count). The molecule has 2 nitrogen and oxygen atoms in total. The largest absolute Gasteiger partial charge is 0.410 e. The quantitative estimate of drug-likeness (QED) is 0.601. The molecule has 0 amide bonds. The fourth-order valence-electron chi connectivity index (χ4n) is 1.27. The molecule has 0 saturated carbocycles. The van der Waals surface area contributed by atoms with E-state index in [2.05, 4.69) is 0 Å². The number of carbonyl (C=O) groups is 1. The summed E-state index contributed by atoms with van der Waals surface area (Å²) in [7, 11) is 0. The van der Waals surface area contributed by atoms with Gasteiger partial charge >= 0.3 is 6.18 Å². The molecular weight excluding hydrogens is 231 g/mol. The van der Waals surface area contributed by atoms with Gasteiger partial charge in [-0.1, -0.05) is 24.3 Å². The van der Waals surface area contributed by atoms with Crippen molar-refractivity contribution in [2.45, 2.75) is 12.6 Å². The highest BCUT2D eigenvalue weighted by Gasteiger charge is 2.24. The Morgan fingerprint density at radius 1 is 1.29 bits per heavy atom. The van der Waals surface area contributed by atoms with E-state index in [9.17, 15) is 18.0 Å². The van der Waals surface area contributed by atoms with Crippen LogP contribution in [-0.4, -0.2) is 12.5 Å². The molecule has 0 aromatic heterocycles. The first-order valence-corrected chi connectivity index (χ1v) is 4.67. The summed E-state index contributed by atoms with van der Waals surface area (Å²) < 4.78 is 36.3. The lowest BCUT2D eigenvalue weighted by Crippen LogP contribution is -2.03. The number of hydrogen-bond acceptors (Lipinski definition) is 2. The molecule has 0 atom stereocenters. The van der Waals surface area contributed by atoms with Crippen molar-refractivity contribution in [3.8, 4) is 6.07 Å². The normalized spacial score (nSPS) is 12.0. The van der Waals surface area contributed by atoms with Crippen molar-refractivity contribution in [1.82, 2.24) is 0 Å². The Morgan fingerprint density at radius 3 is 2.29 bits per heavy atom. The van der Waals surface area contributed by atoms with Crippen LogP contribution in [0.1, 0.15) is 11.1 Å². The lowest BCUT2D eigenvalue weighted by molar-refractivity contribution is -0.104. The standard InChI is InChI=1S/C12H8F3NO/c13-12(14,15)7-11(8-17)10-3-1-9(2-4-10)5-6-16/h1-4,7-8H,5H2/b11-7-. The summed E-state index contributed by atoms with van der Waals surface area (Å²) in [6.45, 7) is 0. The molecule has 0 saturated heterocycles. The average molecular weight is 239 g/mol. The summed E-state index contributed by atoms with van der Waals surface area (Å²) in [5.74, 6) is 0. The molecule has 0 aliphatic carbocycles. The summed E-state index contributed by atoms with van der Waals surface area (Å²) in [5.41, 5.74) is 0.438. The van der Waals surface area contributed by atoms with Crippen molar-refractivity contribution in [3.63, 3.8) is 0 Å². The average Bonchev–Trinajstić information content (AvgIpc) is 2.26. The third kappa shape index (κ3) is 4.11. The van der Waals surface area contributed by atoms with Gasteiger partial charge in [-0.25, -0.2) is 0 Å². The van der Waals surface area contributed by atoms with E-state index in [1.54, 1.807) is 0 Å². The van der Waals surface area contributed by atoms with Gasteiger partial charge in [0, 0.05) is 11.6 Å². The number of aldehydes is 1. The van der Waals surface area contributed by atoms with Gasteiger partial charge in [-0.15, -0.1) is 0 Å². The number of halogens is 3. The zero-order valence-electron chi connectivity index (χ0n) is 8.66. The Labute approximate surface area is 96.0 Å². The molecule has 0 unspecified atom stereocenters. The third-order valence-corrected chi connectivity index (χ3v) is 2.02. The van der Waals surface area contributed by atoms with Crippen LogP contribution in [0, 0.1) is 11.3 Å². The van der Waals surface area contributed by atoms with E-state index < -0.39 is 11.7 Å². The van der Waals surface area contributed by atoms with Crippen LogP contribution in [0.5, 0.6) is 0 Å². The van der Waals surface area contributed by atoms with E-state index >= 15 is 0 Å². The number of rotatable bonds is 3. The Hall–Kier alpha value is -2.09. The number of allylic oxidation sites excluding steroid dienone is 2. The second kappa shape index (κ2) is 5.30. The van der Waals surface area contributed by atoms with Crippen molar-refractivity contribution in [2.75, 3.05) is 0 Å². The SMILES string of the molecule is N#CCc1ccc(/C(C=O)=C\C(F)(F)F)cc1. The maximum atomic E-state index is 12.1. The van der Waals surface area contributed by atoms with Crippen LogP contribution in [0.4, 0.5) is 13.2 Å². The van der Waals surface area contributed by atoms with Crippen LogP contribution in [-0.2, 0) is 11.2 Å². The molecule has 17 heavy (non-hydrogen) atoms. The first kappa shape index (κ1) is 13.0. The predicted molar refractivity (Wildman–Crippen MR) is 55.9 cm³/mol. The number of benzene rings is 1. The molecule has 0 heterocycles. The lowest BCUT2D eigenvalue weighted by Gasteiger charge is -2.04. The van der Waals surface area contributed by atoms with Gasteiger partial charge in [0.1, 0.15) is 0 Å². The molecule has 1 aromatic rings. The summed E-state index contributed by atoms with van der Waals surface area (Å²) >= 11 is 0. The van der Waals surface area contributed by atoms with Crippen molar-refractivity contribution in [1.29, 1.82) is 5.26 Å². The topological polar surface area (TPSA) is 40.9 Å². The molecule has 0 aliphatic heterocycles. The van der Waals surface area contributed by atoms with E-state index in [1.807, 2.05) is 6.07 Å². The maximum absolute atomic E-state index is 12.1. The van der Waals surface area contributed by atoms with E-state index in [-0.39, 0.29) is 24.3 Å². The van der Waals surface area contributed by atoms with Crippen molar-refractivity contribution >= 4 is 11.9 Å². The minimum absolute atomic E-state index is 0.0424. The number of carbonyl (C=O) groups excluding carboxylic acids is 1. The van der Waals surface area contributed by atoms with Gasteiger partial charge < -0.3 is 0 Å².